The van der Waals surface area contributed by atoms with Crippen molar-refractivity contribution < 1.29 is 14.6 Å². The van der Waals surface area contributed by atoms with Crippen molar-refractivity contribution in [2.24, 2.45) is 5.73 Å². The van der Waals surface area contributed by atoms with Crippen molar-refractivity contribution in [2.75, 3.05) is 0 Å². The summed E-state index contributed by atoms with van der Waals surface area (Å²) in [5, 5.41) is 8.30. The summed E-state index contributed by atoms with van der Waals surface area (Å²) < 4.78 is 5.15. The molecule has 2 atom stereocenters. The number of carboxylic acid groups (broad SMARTS) is 1. The third-order valence-corrected chi connectivity index (χ3v) is 2.29. The highest BCUT2D eigenvalue weighted by Gasteiger charge is 2.19. The molecule has 1 aliphatic carbocycles. The first-order valence-corrected chi connectivity index (χ1v) is 4.64. The predicted molar refractivity (Wildman–Crippen MR) is 52.8 cm³/mol. The van der Waals surface area contributed by atoms with E-state index in [0.717, 1.165) is 0 Å². The van der Waals surface area contributed by atoms with Gasteiger partial charge in [0.15, 0.2) is 6.10 Å². The van der Waals surface area contributed by atoms with Gasteiger partial charge in [0.25, 0.3) is 0 Å². The summed E-state index contributed by atoms with van der Waals surface area (Å²) >= 11 is 5.86. The van der Waals surface area contributed by atoms with E-state index in [9.17, 15) is 4.79 Å². The number of alkyl halides is 1. The number of ether oxygens (including phenoxy) is 1. The zero-order valence-electron chi connectivity index (χ0n) is 7.74. The minimum Gasteiger partial charge on any atom is -0.483 e. The fourth-order valence-corrected chi connectivity index (χ4v) is 1.25. The molecular formula is C9H12ClNO3. The highest BCUT2D eigenvalue weighted by Crippen LogP contribution is 2.22. The van der Waals surface area contributed by atoms with Gasteiger partial charge in [0, 0.05) is 12.1 Å². The van der Waals surface area contributed by atoms with Gasteiger partial charge in [-0.3, -0.25) is 0 Å². The summed E-state index contributed by atoms with van der Waals surface area (Å²) in [6.45, 7) is 1.47. The molecule has 0 heterocycles. The Balaban J connectivity index is 2.59. The minimum absolute atomic E-state index is 0.309. The number of hydrogen-bond acceptors (Lipinski definition) is 3. The van der Waals surface area contributed by atoms with Crippen molar-refractivity contribution in [3.05, 3.63) is 23.6 Å². The molecule has 0 spiro atoms. The molecular weight excluding hydrogens is 206 g/mol. The fraction of sp³-hybridized carbons (Fsp3) is 0.444. The van der Waals surface area contributed by atoms with Gasteiger partial charge in [-0.25, -0.2) is 4.79 Å². The summed E-state index contributed by atoms with van der Waals surface area (Å²) in [6.07, 6.45) is 2.85. The largest absolute Gasteiger partial charge is 0.483 e. The lowest BCUT2D eigenvalue weighted by atomic mass is 10.1. The van der Waals surface area contributed by atoms with Gasteiger partial charge in [-0.2, -0.15) is 0 Å². The van der Waals surface area contributed by atoms with Gasteiger partial charge in [-0.1, -0.05) is 0 Å². The van der Waals surface area contributed by atoms with E-state index in [-0.39, 0.29) is 5.38 Å². The molecule has 0 aromatic rings. The lowest BCUT2D eigenvalue weighted by molar-refractivity contribution is -0.146. The number of nitrogens with two attached hydrogens (primary N) is 1. The van der Waals surface area contributed by atoms with Crippen LogP contribution in [0, 0.1) is 0 Å². The SMILES string of the molecule is CC(OC1=CC=C(N)C(Cl)C1)C(=O)O. The molecule has 5 heteroatoms. The van der Waals surface area contributed by atoms with Gasteiger partial charge in [0.1, 0.15) is 0 Å². The Hall–Kier alpha value is -1.16. The van der Waals surface area contributed by atoms with Crippen LogP contribution in [-0.4, -0.2) is 22.6 Å². The summed E-state index contributed by atoms with van der Waals surface area (Å²) in [6, 6.07) is 0. The molecule has 0 bridgehead atoms. The number of carbonyl (C=O) groups is 1. The van der Waals surface area contributed by atoms with Crippen LogP contribution in [0.3, 0.4) is 0 Å². The number of aliphatic carboxylic acids is 1. The Morgan fingerprint density at radius 2 is 2.43 bits per heavy atom. The Kier molecular flexibility index (Phi) is 3.41. The first-order valence-electron chi connectivity index (χ1n) is 4.20. The van der Waals surface area contributed by atoms with Crippen LogP contribution in [0.2, 0.25) is 0 Å². The van der Waals surface area contributed by atoms with Gasteiger partial charge in [0.2, 0.25) is 0 Å². The third kappa shape index (κ3) is 2.67. The summed E-state index contributed by atoms with van der Waals surface area (Å²) in [5.74, 6) is -0.450. The van der Waals surface area contributed by atoms with E-state index in [2.05, 4.69) is 0 Å². The van der Waals surface area contributed by atoms with Crippen LogP contribution >= 0.6 is 11.6 Å². The number of carboxylic acids is 1. The molecule has 78 valence electrons. The maximum Gasteiger partial charge on any atom is 0.344 e. The van der Waals surface area contributed by atoms with Crippen LogP contribution < -0.4 is 5.73 Å². The molecule has 0 aromatic heterocycles. The van der Waals surface area contributed by atoms with Crippen LogP contribution in [-0.2, 0) is 9.53 Å². The van der Waals surface area contributed by atoms with E-state index in [1.54, 1.807) is 12.2 Å². The topological polar surface area (TPSA) is 72.5 Å². The summed E-state index contributed by atoms with van der Waals surface area (Å²) in [7, 11) is 0. The smallest absolute Gasteiger partial charge is 0.344 e. The molecule has 0 saturated heterocycles. The second-order valence-electron chi connectivity index (χ2n) is 3.07. The number of hydrogen-bond donors (Lipinski definition) is 2. The minimum atomic E-state index is -1.00. The zero-order valence-corrected chi connectivity index (χ0v) is 8.49. The van der Waals surface area contributed by atoms with Crippen molar-refractivity contribution in [3.63, 3.8) is 0 Å². The average Bonchev–Trinajstić information content (AvgIpc) is 2.11. The van der Waals surface area contributed by atoms with E-state index in [1.807, 2.05) is 0 Å². The number of allylic oxidation sites excluding steroid dienone is 4. The monoisotopic (exact) mass is 217 g/mol. The molecule has 0 fully saturated rings. The van der Waals surface area contributed by atoms with E-state index in [0.29, 0.717) is 17.9 Å². The van der Waals surface area contributed by atoms with E-state index in [1.165, 1.54) is 6.92 Å². The second kappa shape index (κ2) is 4.37. The molecule has 2 unspecified atom stereocenters. The highest BCUT2D eigenvalue weighted by atomic mass is 35.5. The number of halogens is 1. The van der Waals surface area contributed by atoms with Crippen molar-refractivity contribution in [1.82, 2.24) is 0 Å². The molecule has 4 nitrogen and oxygen atoms in total. The molecule has 0 aliphatic heterocycles. The Bertz CT molecular complexity index is 298. The maximum atomic E-state index is 10.5. The Morgan fingerprint density at radius 1 is 1.79 bits per heavy atom. The maximum absolute atomic E-state index is 10.5. The molecule has 0 saturated carbocycles. The number of rotatable bonds is 3. The predicted octanol–water partition coefficient (Wildman–Crippen LogP) is 1.21. The van der Waals surface area contributed by atoms with Gasteiger partial charge >= 0.3 is 5.97 Å². The van der Waals surface area contributed by atoms with Crippen molar-refractivity contribution in [3.8, 4) is 0 Å². The molecule has 3 N–H and O–H groups in total. The second-order valence-corrected chi connectivity index (χ2v) is 3.60. The average molecular weight is 218 g/mol. The normalized spacial score (nSPS) is 23.4. The molecule has 1 aliphatic rings. The van der Waals surface area contributed by atoms with E-state index < -0.39 is 12.1 Å². The van der Waals surface area contributed by atoms with Gasteiger partial charge < -0.3 is 15.6 Å². The quantitative estimate of drug-likeness (QED) is 0.697. The Morgan fingerprint density at radius 3 is 2.93 bits per heavy atom. The lowest BCUT2D eigenvalue weighted by Crippen LogP contribution is -2.23. The summed E-state index contributed by atoms with van der Waals surface area (Å²) in [4.78, 5) is 10.5. The third-order valence-electron chi connectivity index (χ3n) is 1.88. The first kappa shape index (κ1) is 10.9. The van der Waals surface area contributed by atoms with Gasteiger partial charge in [-0.05, 0) is 19.1 Å². The highest BCUT2D eigenvalue weighted by molar-refractivity contribution is 6.22. The van der Waals surface area contributed by atoms with Crippen LogP contribution in [0.25, 0.3) is 0 Å². The zero-order chi connectivity index (χ0) is 10.7. The molecule has 0 amide bonds. The van der Waals surface area contributed by atoms with Gasteiger partial charge in [0.05, 0.1) is 11.1 Å². The lowest BCUT2D eigenvalue weighted by Gasteiger charge is -2.19. The first-order chi connectivity index (χ1) is 6.50. The van der Waals surface area contributed by atoms with Gasteiger partial charge in [-0.15, -0.1) is 11.6 Å². The molecule has 0 radical (unpaired) electrons. The van der Waals surface area contributed by atoms with Crippen LogP contribution in [0.1, 0.15) is 13.3 Å². The molecule has 1 rings (SSSR count). The van der Waals surface area contributed by atoms with Crippen molar-refractivity contribution in [1.29, 1.82) is 0 Å². The molecule has 14 heavy (non-hydrogen) atoms. The summed E-state index contributed by atoms with van der Waals surface area (Å²) in [5.41, 5.74) is 6.12. The van der Waals surface area contributed by atoms with Crippen molar-refractivity contribution >= 4 is 17.6 Å². The standard InChI is InChI=1S/C9H12ClNO3/c1-5(9(12)13)14-6-2-3-8(11)7(10)4-6/h2-3,5,7H,4,11H2,1H3,(H,12,13). The van der Waals surface area contributed by atoms with E-state index in [4.69, 9.17) is 27.2 Å². The van der Waals surface area contributed by atoms with Crippen LogP contribution in [0.5, 0.6) is 0 Å². The van der Waals surface area contributed by atoms with Crippen LogP contribution in [0.15, 0.2) is 23.6 Å². The van der Waals surface area contributed by atoms with E-state index >= 15 is 0 Å². The molecule has 0 aromatic carbocycles. The fourth-order valence-electron chi connectivity index (χ4n) is 1.02. The van der Waals surface area contributed by atoms with Crippen molar-refractivity contribution in [2.45, 2.75) is 24.8 Å². The van der Waals surface area contributed by atoms with Crippen LogP contribution in [0.4, 0.5) is 0 Å². The Labute approximate surface area is 87.0 Å².